The van der Waals surface area contributed by atoms with Gasteiger partial charge in [-0.25, -0.2) is 4.68 Å². The first kappa shape index (κ1) is 19.7. The molecule has 7 nitrogen and oxygen atoms in total. The molecule has 25 heavy (non-hydrogen) atoms. The molecule has 0 aliphatic rings. The van der Waals surface area contributed by atoms with E-state index in [1.807, 2.05) is 43.7 Å². The summed E-state index contributed by atoms with van der Waals surface area (Å²) >= 11 is 0. The summed E-state index contributed by atoms with van der Waals surface area (Å²) in [6.07, 6.45) is 1.57. The fourth-order valence-corrected chi connectivity index (χ4v) is 5.34. The van der Waals surface area contributed by atoms with Crippen molar-refractivity contribution >= 4 is 8.80 Å². The van der Waals surface area contributed by atoms with Crippen molar-refractivity contribution in [1.29, 1.82) is 0 Å². The van der Waals surface area contributed by atoms with E-state index in [1.165, 1.54) is 5.56 Å². The average Bonchev–Trinajstić information content (AvgIpc) is 3.04. The molecule has 0 bridgehead atoms. The van der Waals surface area contributed by atoms with E-state index in [-0.39, 0.29) is 0 Å². The molecule has 2 aromatic rings. The first-order valence-electron chi connectivity index (χ1n) is 8.93. The van der Waals surface area contributed by atoms with Gasteiger partial charge in [-0.2, -0.15) is 0 Å². The molecule has 0 aliphatic heterocycles. The Morgan fingerprint density at radius 1 is 0.960 bits per heavy atom. The third-order valence-corrected chi connectivity index (χ3v) is 6.91. The Morgan fingerprint density at radius 3 is 2.20 bits per heavy atom. The summed E-state index contributed by atoms with van der Waals surface area (Å²) < 4.78 is 19.5. The van der Waals surface area contributed by atoms with E-state index in [1.54, 1.807) is 0 Å². The van der Waals surface area contributed by atoms with Crippen LogP contribution in [0.2, 0.25) is 6.04 Å². The van der Waals surface area contributed by atoms with Gasteiger partial charge < -0.3 is 13.3 Å². The number of hydrogen-bond donors (Lipinski definition) is 0. The summed E-state index contributed by atoms with van der Waals surface area (Å²) in [6, 6.07) is 11.0. The minimum Gasteiger partial charge on any atom is -0.374 e. The van der Waals surface area contributed by atoms with Gasteiger partial charge in [0.1, 0.15) is 0 Å². The Morgan fingerprint density at radius 2 is 1.60 bits per heavy atom. The highest BCUT2D eigenvalue weighted by Crippen LogP contribution is 2.19. The number of nitrogens with zero attached hydrogens (tertiary/aromatic N) is 4. The number of rotatable bonds is 12. The molecule has 0 N–H and O–H groups in total. The van der Waals surface area contributed by atoms with Crippen molar-refractivity contribution in [1.82, 2.24) is 20.2 Å². The molecular weight excluding hydrogens is 336 g/mol. The summed E-state index contributed by atoms with van der Waals surface area (Å²) in [4.78, 5) is 0. The summed E-state index contributed by atoms with van der Waals surface area (Å²) in [6.45, 7) is 8.41. The van der Waals surface area contributed by atoms with Gasteiger partial charge in [0.25, 0.3) is 0 Å². The van der Waals surface area contributed by atoms with E-state index in [0.717, 1.165) is 31.3 Å². The van der Waals surface area contributed by atoms with Gasteiger partial charge in [0, 0.05) is 38.8 Å². The largest absolute Gasteiger partial charge is 0.500 e. The average molecular weight is 365 g/mol. The maximum atomic E-state index is 5.89. The lowest BCUT2D eigenvalue weighted by Crippen LogP contribution is -2.46. The predicted octanol–water partition coefficient (Wildman–Crippen LogP) is 2.70. The van der Waals surface area contributed by atoms with Crippen molar-refractivity contribution in [2.45, 2.75) is 46.2 Å². The van der Waals surface area contributed by atoms with Gasteiger partial charge in [-0.05, 0) is 43.2 Å². The predicted molar refractivity (Wildman–Crippen MR) is 97.1 cm³/mol. The number of hydrogen-bond acceptors (Lipinski definition) is 6. The van der Waals surface area contributed by atoms with Crippen LogP contribution in [0.1, 0.15) is 38.6 Å². The lowest BCUT2D eigenvalue weighted by atomic mass is 10.1. The van der Waals surface area contributed by atoms with E-state index < -0.39 is 8.80 Å². The highest BCUT2D eigenvalue weighted by atomic mass is 28.4. The highest BCUT2D eigenvalue weighted by Gasteiger charge is 2.39. The highest BCUT2D eigenvalue weighted by molar-refractivity contribution is 6.60. The Hall–Kier alpha value is -1.61. The van der Waals surface area contributed by atoms with Crippen LogP contribution in [0.4, 0.5) is 0 Å². The SMILES string of the molecule is CCO[Si](CCCn1nnnc1Cc1ccccc1)(OCC)OCC. The van der Waals surface area contributed by atoms with Crippen LogP contribution in [0.5, 0.6) is 0 Å². The molecular formula is C17H28N4O3Si. The second-order valence-corrected chi connectivity index (χ2v) is 8.30. The zero-order valence-corrected chi connectivity index (χ0v) is 16.4. The molecule has 8 heteroatoms. The van der Waals surface area contributed by atoms with E-state index in [0.29, 0.717) is 19.8 Å². The zero-order chi connectivity index (χ0) is 18.0. The van der Waals surface area contributed by atoms with Gasteiger partial charge in [-0.3, -0.25) is 0 Å². The van der Waals surface area contributed by atoms with Crippen molar-refractivity contribution in [3.63, 3.8) is 0 Å². The molecule has 1 aromatic carbocycles. The van der Waals surface area contributed by atoms with Gasteiger partial charge in [0.15, 0.2) is 5.82 Å². The van der Waals surface area contributed by atoms with Crippen LogP contribution in [0.3, 0.4) is 0 Å². The first-order chi connectivity index (χ1) is 12.2. The Labute approximate surface area is 150 Å². The second kappa shape index (κ2) is 10.4. The quantitative estimate of drug-likeness (QED) is 0.539. The Balaban J connectivity index is 1.95. The molecule has 0 unspecified atom stereocenters. The molecule has 0 aliphatic carbocycles. The molecule has 0 radical (unpaired) electrons. The van der Waals surface area contributed by atoms with Gasteiger partial charge in [0.05, 0.1) is 0 Å². The smallest absolute Gasteiger partial charge is 0.374 e. The van der Waals surface area contributed by atoms with Crippen LogP contribution < -0.4 is 0 Å². The molecule has 1 heterocycles. The fourth-order valence-electron chi connectivity index (χ4n) is 2.75. The number of tetrazole rings is 1. The van der Waals surface area contributed by atoms with Gasteiger partial charge in [-0.15, -0.1) is 5.10 Å². The standard InChI is InChI=1S/C17H28N4O3Si/c1-4-22-25(23-5-2,24-6-3)14-10-13-21-17(18-19-20-21)15-16-11-8-7-9-12-16/h7-9,11-12H,4-6,10,13-15H2,1-3H3. The lowest BCUT2D eigenvalue weighted by molar-refractivity contribution is 0.0704. The second-order valence-electron chi connectivity index (χ2n) is 5.57. The van der Waals surface area contributed by atoms with Gasteiger partial charge in [-0.1, -0.05) is 30.3 Å². The molecule has 0 spiro atoms. The van der Waals surface area contributed by atoms with E-state index in [4.69, 9.17) is 13.3 Å². The fraction of sp³-hybridized carbons (Fsp3) is 0.588. The van der Waals surface area contributed by atoms with Gasteiger partial charge >= 0.3 is 8.80 Å². The Bertz CT molecular complexity index is 592. The molecule has 138 valence electrons. The van der Waals surface area contributed by atoms with Crippen molar-refractivity contribution in [3.05, 3.63) is 41.7 Å². The number of aromatic nitrogens is 4. The van der Waals surface area contributed by atoms with Crippen LogP contribution >= 0.6 is 0 Å². The molecule has 1 aromatic heterocycles. The maximum Gasteiger partial charge on any atom is 0.500 e. The van der Waals surface area contributed by atoms with E-state index in [9.17, 15) is 0 Å². The third kappa shape index (κ3) is 6.00. The summed E-state index contributed by atoms with van der Waals surface area (Å²) in [5.74, 6) is 0.864. The molecule has 0 amide bonds. The van der Waals surface area contributed by atoms with E-state index >= 15 is 0 Å². The molecule has 0 saturated heterocycles. The molecule has 0 fully saturated rings. The maximum absolute atomic E-state index is 5.89. The minimum atomic E-state index is -2.60. The van der Waals surface area contributed by atoms with Crippen LogP contribution in [0.15, 0.2) is 30.3 Å². The van der Waals surface area contributed by atoms with Gasteiger partial charge in [0.2, 0.25) is 0 Å². The molecule has 0 atom stereocenters. The first-order valence-corrected chi connectivity index (χ1v) is 10.9. The lowest BCUT2D eigenvalue weighted by Gasteiger charge is -2.28. The third-order valence-electron chi connectivity index (χ3n) is 3.76. The summed E-state index contributed by atoms with van der Waals surface area (Å²) in [5.41, 5.74) is 1.19. The summed E-state index contributed by atoms with van der Waals surface area (Å²) in [7, 11) is -2.60. The molecule has 0 saturated carbocycles. The van der Waals surface area contributed by atoms with Crippen molar-refractivity contribution in [2.24, 2.45) is 0 Å². The monoisotopic (exact) mass is 364 g/mol. The van der Waals surface area contributed by atoms with Crippen LogP contribution in [0.25, 0.3) is 0 Å². The topological polar surface area (TPSA) is 71.3 Å². The minimum absolute atomic E-state index is 0.594. The number of aryl methyl sites for hydroxylation is 1. The van der Waals surface area contributed by atoms with Crippen LogP contribution in [-0.2, 0) is 26.2 Å². The van der Waals surface area contributed by atoms with E-state index in [2.05, 4.69) is 27.7 Å². The Kier molecular flexibility index (Phi) is 8.19. The van der Waals surface area contributed by atoms with Crippen LogP contribution in [0, 0.1) is 0 Å². The summed E-state index contributed by atoms with van der Waals surface area (Å²) in [5, 5.41) is 12.1. The number of benzene rings is 1. The van der Waals surface area contributed by atoms with Crippen molar-refractivity contribution in [3.8, 4) is 0 Å². The normalized spacial score (nSPS) is 11.8. The van der Waals surface area contributed by atoms with Crippen molar-refractivity contribution < 1.29 is 13.3 Å². The van der Waals surface area contributed by atoms with Crippen LogP contribution in [-0.4, -0.2) is 48.8 Å². The van der Waals surface area contributed by atoms with Crippen molar-refractivity contribution in [2.75, 3.05) is 19.8 Å². The molecule has 2 rings (SSSR count). The zero-order valence-electron chi connectivity index (χ0n) is 15.4.